The molecular weight excluding hydrogens is 392 g/mol. The summed E-state index contributed by atoms with van der Waals surface area (Å²) in [6.07, 6.45) is 1.42. The Labute approximate surface area is 183 Å². The zero-order valence-corrected chi connectivity index (χ0v) is 17.7. The Morgan fingerprint density at radius 2 is 1.65 bits per heavy atom. The summed E-state index contributed by atoms with van der Waals surface area (Å²) in [6.45, 7) is 3.18. The van der Waals surface area contributed by atoms with Crippen LogP contribution in [0.15, 0.2) is 60.7 Å². The van der Waals surface area contributed by atoms with Crippen LogP contribution in [0.2, 0.25) is 0 Å². The van der Waals surface area contributed by atoms with Gasteiger partial charge >= 0.3 is 6.03 Å². The van der Waals surface area contributed by atoms with Crippen LogP contribution >= 0.6 is 0 Å². The van der Waals surface area contributed by atoms with Gasteiger partial charge in [0.15, 0.2) is 0 Å². The van der Waals surface area contributed by atoms with Gasteiger partial charge in [0.25, 0.3) is 0 Å². The van der Waals surface area contributed by atoms with Crippen LogP contribution in [-0.4, -0.2) is 59.8 Å². The van der Waals surface area contributed by atoms with Gasteiger partial charge in [0, 0.05) is 43.1 Å². The van der Waals surface area contributed by atoms with Crippen molar-refractivity contribution in [1.82, 2.24) is 10.2 Å². The number of aliphatic hydroxyl groups excluding tert-OH is 1. The van der Waals surface area contributed by atoms with E-state index in [-0.39, 0.29) is 30.9 Å². The van der Waals surface area contributed by atoms with Crippen molar-refractivity contribution in [3.63, 3.8) is 0 Å². The van der Waals surface area contributed by atoms with E-state index in [1.54, 1.807) is 12.1 Å². The van der Waals surface area contributed by atoms with Gasteiger partial charge in [-0.25, -0.2) is 4.79 Å². The lowest BCUT2D eigenvalue weighted by molar-refractivity contribution is -0.918. The number of β-amino-alcohol motifs (C(OH)–C–C–N with tert-alkyl or cyclic N) is 1. The lowest BCUT2D eigenvalue weighted by Gasteiger charge is -2.31. The maximum absolute atomic E-state index is 12.9. The molecule has 4 N–H and O–H groups in total. The smallest absolute Gasteiger partial charge is 0.322 e. The number of nitrogens with one attached hydrogen (secondary N) is 3. The van der Waals surface area contributed by atoms with Crippen molar-refractivity contribution in [2.75, 3.05) is 25.0 Å². The third-order valence-corrected chi connectivity index (χ3v) is 6.20. The number of quaternary nitrogens is 1. The van der Waals surface area contributed by atoms with Gasteiger partial charge in [-0.05, 0) is 12.1 Å². The predicted molar refractivity (Wildman–Crippen MR) is 119 cm³/mol. The second-order valence-corrected chi connectivity index (χ2v) is 8.55. The fourth-order valence-electron chi connectivity index (χ4n) is 4.53. The van der Waals surface area contributed by atoms with E-state index in [0.717, 1.165) is 32.5 Å². The van der Waals surface area contributed by atoms with E-state index in [1.165, 1.54) is 15.4 Å². The highest BCUT2D eigenvalue weighted by atomic mass is 16.3. The summed E-state index contributed by atoms with van der Waals surface area (Å²) in [5, 5.41) is 16.1. The molecule has 2 aromatic carbocycles. The molecule has 2 aliphatic rings. The zero-order valence-electron chi connectivity index (χ0n) is 17.7. The first-order valence-electron chi connectivity index (χ1n) is 11.1. The molecule has 2 fully saturated rings. The van der Waals surface area contributed by atoms with E-state index in [9.17, 15) is 14.7 Å². The summed E-state index contributed by atoms with van der Waals surface area (Å²) < 4.78 is 0. The molecule has 0 spiro atoms. The Morgan fingerprint density at radius 1 is 1.00 bits per heavy atom. The summed E-state index contributed by atoms with van der Waals surface area (Å²) in [7, 11) is 0. The molecule has 31 heavy (non-hydrogen) atoms. The van der Waals surface area contributed by atoms with E-state index >= 15 is 0 Å². The summed E-state index contributed by atoms with van der Waals surface area (Å²) >= 11 is 0. The van der Waals surface area contributed by atoms with E-state index in [1.807, 2.05) is 24.3 Å². The number of anilines is 1. The van der Waals surface area contributed by atoms with Crippen molar-refractivity contribution >= 4 is 17.6 Å². The number of carbonyl (C=O) groups is 2. The maximum atomic E-state index is 12.9. The van der Waals surface area contributed by atoms with Gasteiger partial charge in [0.1, 0.15) is 12.6 Å². The van der Waals surface area contributed by atoms with Crippen LogP contribution in [0, 0.1) is 0 Å². The standard InChI is InChI=1S/C24H30N4O3/c29-21-15-22(28(17-21)24(31)26-19-9-5-2-6-10-19)23(30)25-20-11-13-27(14-12-20)16-18-7-3-1-4-8-18/h1-10,20-22,29H,11-17H2,(H,25,30)(H,26,31)/p+1/t21-,22+/m1/s1. The molecule has 0 unspecified atom stereocenters. The largest absolute Gasteiger partial charge is 0.391 e. The Hall–Kier alpha value is -2.90. The second-order valence-electron chi connectivity index (χ2n) is 8.55. The molecule has 3 amide bonds. The number of urea groups is 1. The molecule has 0 saturated carbocycles. The Balaban J connectivity index is 1.28. The lowest BCUT2D eigenvalue weighted by atomic mass is 10.0. The van der Waals surface area contributed by atoms with Crippen molar-refractivity contribution < 1.29 is 19.6 Å². The molecule has 0 bridgehead atoms. The zero-order chi connectivity index (χ0) is 21.6. The highest BCUT2D eigenvalue weighted by Crippen LogP contribution is 2.20. The third kappa shape index (κ3) is 5.62. The average Bonchev–Trinajstić information content (AvgIpc) is 3.19. The van der Waals surface area contributed by atoms with Gasteiger partial charge in [0.05, 0.1) is 19.2 Å². The highest BCUT2D eigenvalue weighted by Gasteiger charge is 2.40. The number of carbonyl (C=O) groups excluding carboxylic acids is 2. The SMILES string of the molecule is O=C(NC1CC[NH+](Cc2ccccc2)CC1)[C@@H]1C[C@@H](O)CN1C(=O)Nc1ccccc1. The fourth-order valence-corrected chi connectivity index (χ4v) is 4.53. The van der Waals surface area contributed by atoms with Crippen LogP contribution in [0.5, 0.6) is 0 Å². The number of amides is 3. The quantitative estimate of drug-likeness (QED) is 0.579. The topological polar surface area (TPSA) is 86.1 Å². The number of likely N-dealkylation sites (tertiary alicyclic amines) is 2. The normalized spacial score (nSPS) is 25.8. The van der Waals surface area contributed by atoms with Crippen LogP contribution in [0.3, 0.4) is 0 Å². The van der Waals surface area contributed by atoms with Crippen molar-refractivity contribution in [2.24, 2.45) is 0 Å². The lowest BCUT2D eigenvalue weighted by Crippen LogP contribution is -3.12. The minimum atomic E-state index is -0.686. The molecule has 2 aromatic rings. The van der Waals surface area contributed by atoms with E-state index in [2.05, 4.69) is 34.9 Å². The monoisotopic (exact) mass is 423 g/mol. The first-order chi connectivity index (χ1) is 15.1. The summed E-state index contributed by atoms with van der Waals surface area (Å²) in [5.74, 6) is -0.170. The minimum Gasteiger partial charge on any atom is -0.391 e. The third-order valence-electron chi connectivity index (χ3n) is 6.20. The van der Waals surface area contributed by atoms with Crippen LogP contribution < -0.4 is 15.5 Å². The molecule has 0 radical (unpaired) electrons. The number of nitrogens with zero attached hydrogens (tertiary/aromatic N) is 1. The molecule has 2 aliphatic heterocycles. The first kappa shape index (κ1) is 21.3. The first-order valence-corrected chi connectivity index (χ1v) is 11.1. The Morgan fingerprint density at radius 3 is 2.32 bits per heavy atom. The van der Waals surface area contributed by atoms with Crippen molar-refractivity contribution in [1.29, 1.82) is 0 Å². The van der Waals surface area contributed by atoms with E-state index in [0.29, 0.717) is 5.69 Å². The van der Waals surface area contributed by atoms with Gasteiger partial charge in [0.2, 0.25) is 5.91 Å². The average molecular weight is 424 g/mol. The molecule has 2 atom stereocenters. The molecular formula is C24H31N4O3+. The van der Waals surface area contributed by atoms with Crippen LogP contribution in [0.1, 0.15) is 24.8 Å². The van der Waals surface area contributed by atoms with Crippen molar-refractivity contribution in [3.05, 3.63) is 66.2 Å². The number of benzene rings is 2. The second kappa shape index (κ2) is 9.94. The number of rotatable bonds is 5. The predicted octanol–water partition coefficient (Wildman–Crippen LogP) is 1.02. The number of para-hydroxylation sites is 1. The summed E-state index contributed by atoms with van der Waals surface area (Å²) in [4.78, 5) is 28.6. The molecule has 0 aromatic heterocycles. The van der Waals surface area contributed by atoms with E-state index < -0.39 is 12.1 Å². The van der Waals surface area contributed by atoms with Gasteiger partial charge in [-0.3, -0.25) is 4.79 Å². The number of hydrogen-bond donors (Lipinski definition) is 4. The molecule has 2 saturated heterocycles. The molecule has 4 rings (SSSR count). The van der Waals surface area contributed by atoms with Crippen LogP contribution in [0.25, 0.3) is 0 Å². The molecule has 0 aliphatic carbocycles. The summed E-state index contributed by atoms with van der Waals surface area (Å²) in [5.41, 5.74) is 2.00. The Bertz CT molecular complexity index is 869. The minimum absolute atomic E-state index is 0.115. The van der Waals surface area contributed by atoms with Gasteiger partial charge in [-0.2, -0.15) is 0 Å². The van der Waals surface area contributed by atoms with Crippen molar-refractivity contribution in [2.45, 2.75) is 44.0 Å². The number of aliphatic hydroxyl groups is 1. The van der Waals surface area contributed by atoms with Gasteiger partial charge in [-0.1, -0.05) is 48.5 Å². The molecule has 164 valence electrons. The maximum Gasteiger partial charge on any atom is 0.322 e. The number of hydrogen-bond acceptors (Lipinski definition) is 3. The van der Waals surface area contributed by atoms with Crippen molar-refractivity contribution in [3.8, 4) is 0 Å². The van der Waals surface area contributed by atoms with Gasteiger partial charge in [-0.15, -0.1) is 0 Å². The van der Waals surface area contributed by atoms with Gasteiger partial charge < -0.3 is 25.5 Å². The number of piperidine rings is 1. The molecule has 2 heterocycles. The van der Waals surface area contributed by atoms with Crippen LogP contribution in [0.4, 0.5) is 10.5 Å². The fraction of sp³-hybridized carbons (Fsp3) is 0.417. The van der Waals surface area contributed by atoms with E-state index in [4.69, 9.17) is 0 Å². The highest BCUT2D eigenvalue weighted by molar-refractivity contribution is 5.94. The van der Waals surface area contributed by atoms with Crippen LogP contribution in [-0.2, 0) is 11.3 Å². The summed E-state index contributed by atoms with van der Waals surface area (Å²) in [6, 6.07) is 18.7. The molecule has 7 heteroatoms. The molecule has 7 nitrogen and oxygen atoms in total. The Kier molecular flexibility index (Phi) is 6.84.